The Labute approximate surface area is 292 Å². The van der Waals surface area contributed by atoms with Crippen molar-refractivity contribution in [3.05, 3.63) is 120 Å². The van der Waals surface area contributed by atoms with E-state index in [4.69, 9.17) is 14.2 Å². The average molecular weight is 705 g/mol. The second-order valence-corrected chi connectivity index (χ2v) is 13.4. The van der Waals surface area contributed by atoms with Crippen LogP contribution in [-0.4, -0.2) is 89.2 Å². The molecular weight excluding hydrogens is 663 g/mol. The summed E-state index contributed by atoms with van der Waals surface area (Å²) in [4.78, 5) is 31.6. The molecule has 13 heteroatoms. The molecule has 1 atom stereocenters. The number of ether oxygens (including phenoxy) is 3. The predicted molar refractivity (Wildman–Crippen MR) is 187 cm³/mol. The first-order valence-electron chi connectivity index (χ1n) is 16.3. The van der Waals surface area contributed by atoms with Crippen LogP contribution in [0, 0.1) is 5.82 Å². The maximum Gasteiger partial charge on any atom is 0.261 e. The first-order valence-corrected chi connectivity index (χ1v) is 17.7. The molecule has 2 amide bonds. The number of morpholine rings is 1. The summed E-state index contributed by atoms with van der Waals surface area (Å²) in [6, 6.07) is 26.5. The van der Waals surface area contributed by atoms with E-state index in [1.54, 1.807) is 19.2 Å². The van der Waals surface area contributed by atoms with Crippen molar-refractivity contribution in [2.24, 2.45) is 0 Å². The number of amides is 2. The summed E-state index contributed by atoms with van der Waals surface area (Å²) in [7, 11) is -2.39. The third-order valence-corrected chi connectivity index (χ3v) is 9.60. The van der Waals surface area contributed by atoms with Crippen molar-refractivity contribution in [2.75, 3.05) is 57.8 Å². The van der Waals surface area contributed by atoms with Crippen molar-refractivity contribution < 1.29 is 36.6 Å². The van der Waals surface area contributed by atoms with Gasteiger partial charge in [0.15, 0.2) is 6.61 Å². The summed E-state index contributed by atoms with van der Waals surface area (Å²) < 4.78 is 57.9. The third kappa shape index (κ3) is 10.5. The summed E-state index contributed by atoms with van der Waals surface area (Å²) in [6.07, 6.45) is 0.278. The van der Waals surface area contributed by atoms with Crippen LogP contribution in [0.4, 0.5) is 10.1 Å². The molecule has 4 aromatic rings. The highest BCUT2D eigenvalue weighted by Crippen LogP contribution is 2.21. The van der Waals surface area contributed by atoms with Crippen LogP contribution in [0.15, 0.2) is 108 Å². The fraction of sp³-hybridized carbons (Fsp3) is 0.297. The van der Waals surface area contributed by atoms with Crippen LogP contribution in [0.2, 0.25) is 0 Å². The smallest absolute Gasteiger partial charge is 0.261 e. The number of carbonyl (C=O) groups is 2. The van der Waals surface area contributed by atoms with Crippen LogP contribution < -0.4 is 19.5 Å². The molecule has 1 aliphatic heterocycles. The highest BCUT2D eigenvalue weighted by Gasteiger charge is 2.31. The molecule has 0 spiro atoms. The topological polar surface area (TPSA) is 127 Å². The first kappa shape index (κ1) is 36.3. The average Bonchev–Trinajstić information content (AvgIpc) is 3.14. The van der Waals surface area contributed by atoms with Gasteiger partial charge in [0.1, 0.15) is 23.4 Å². The number of anilines is 1. The van der Waals surface area contributed by atoms with Gasteiger partial charge in [-0.1, -0.05) is 42.5 Å². The molecule has 2 N–H and O–H groups in total. The van der Waals surface area contributed by atoms with Gasteiger partial charge < -0.3 is 24.4 Å². The van der Waals surface area contributed by atoms with E-state index in [1.807, 2.05) is 42.5 Å². The number of benzene rings is 4. The monoisotopic (exact) mass is 704 g/mol. The maximum absolute atomic E-state index is 14.0. The lowest BCUT2D eigenvalue weighted by atomic mass is 10.0. The van der Waals surface area contributed by atoms with E-state index in [9.17, 15) is 22.4 Å². The van der Waals surface area contributed by atoms with Crippen molar-refractivity contribution in [3.8, 4) is 11.5 Å². The van der Waals surface area contributed by atoms with Crippen LogP contribution in [0.25, 0.3) is 0 Å². The molecule has 0 aromatic heterocycles. The molecule has 0 radical (unpaired) electrons. The minimum atomic E-state index is -3.96. The van der Waals surface area contributed by atoms with Gasteiger partial charge in [0.2, 0.25) is 5.91 Å². The molecule has 0 bridgehead atoms. The second-order valence-electron chi connectivity index (χ2n) is 11.7. The molecule has 5 rings (SSSR count). The van der Waals surface area contributed by atoms with Crippen molar-refractivity contribution in [1.29, 1.82) is 0 Å². The Hall–Kier alpha value is -4.98. The molecule has 1 heterocycles. The van der Waals surface area contributed by atoms with Crippen molar-refractivity contribution in [1.82, 2.24) is 15.1 Å². The van der Waals surface area contributed by atoms with E-state index < -0.39 is 34.4 Å². The molecule has 1 saturated heterocycles. The molecule has 0 aliphatic carbocycles. The summed E-state index contributed by atoms with van der Waals surface area (Å²) in [6.45, 7) is 3.70. The quantitative estimate of drug-likeness (QED) is 0.179. The van der Waals surface area contributed by atoms with E-state index in [0.29, 0.717) is 32.1 Å². The predicted octanol–water partition coefficient (Wildman–Crippen LogP) is 4.10. The molecule has 0 unspecified atom stereocenters. The number of hydrogen-bond donors (Lipinski definition) is 2. The first-order chi connectivity index (χ1) is 24.2. The fourth-order valence-corrected chi connectivity index (χ4v) is 6.50. The molecule has 0 saturated carbocycles. The van der Waals surface area contributed by atoms with Crippen LogP contribution in [0.5, 0.6) is 11.5 Å². The van der Waals surface area contributed by atoms with Gasteiger partial charge in [-0.3, -0.25) is 19.2 Å². The molecule has 50 heavy (non-hydrogen) atoms. The lowest BCUT2D eigenvalue weighted by molar-refractivity contribution is -0.142. The standard InChI is InChI=1S/C37H41FN4O7S/c1-47-32-13-7-29(8-14-32)26-42(35(25-28-5-3-2-4-6-28)37(44)39-19-20-41-21-23-48-24-22-41)36(43)27-49-33-15-17-34(18-16-33)50(45,46)40-31-11-9-30(38)10-12-31/h2-18,35,40H,19-27H2,1H3,(H,39,44)/t35-/m0/s1. The normalized spacial score (nSPS) is 14.0. The summed E-state index contributed by atoms with van der Waals surface area (Å²) in [5.41, 5.74) is 1.89. The van der Waals surface area contributed by atoms with Crippen LogP contribution >= 0.6 is 0 Å². The van der Waals surface area contributed by atoms with E-state index in [2.05, 4.69) is 14.9 Å². The maximum atomic E-state index is 14.0. The molecule has 1 aliphatic rings. The number of halogens is 1. The van der Waals surface area contributed by atoms with Crippen molar-refractivity contribution >= 4 is 27.5 Å². The molecule has 264 valence electrons. The third-order valence-electron chi connectivity index (χ3n) is 8.21. The van der Waals surface area contributed by atoms with Gasteiger partial charge >= 0.3 is 0 Å². The fourth-order valence-electron chi connectivity index (χ4n) is 5.44. The van der Waals surface area contributed by atoms with Gasteiger partial charge in [-0.15, -0.1) is 0 Å². The largest absolute Gasteiger partial charge is 0.497 e. The summed E-state index contributed by atoms with van der Waals surface area (Å²) in [5.74, 6) is -0.276. The summed E-state index contributed by atoms with van der Waals surface area (Å²) >= 11 is 0. The van der Waals surface area contributed by atoms with Crippen LogP contribution in [0.3, 0.4) is 0 Å². The molecule has 1 fully saturated rings. The number of hydrogen-bond acceptors (Lipinski definition) is 8. The Morgan fingerprint density at radius 1 is 0.880 bits per heavy atom. The highest BCUT2D eigenvalue weighted by atomic mass is 32.2. The number of sulfonamides is 1. The van der Waals surface area contributed by atoms with Gasteiger partial charge in [0.25, 0.3) is 15.9 Å². The summed E-state index contributed by atoms with van der Waals surface area (Å²) in [5, 5.41) is 3.05. The van der Waals surface area contributed by atoms with Crippen molar-refractivity contribution in [3.63, 3.8) is 0 Å². The van der Waals surface area contributed by atoms with Gasteiger partial charge in [-0.25, -0.2) is 12.8 Å². The highest BCUT2D eigenvalue weighted by molar-refractivity contribution is 7.92. The van der Waals surface area contributed by atoms with Crippen LogP contribution in [-0.2, 0) is 37.3 Å². The number of carbonyl (C=O) groups excluding carboxylic acids is 2. The Bertz CT molecular complexity index is 1790. The van der Waals surface area contributed by atoms with E-state index in [0.717, 1.165) is 36.3 Å². The Morgan fingerprint density at radius 3 is 2.20 bits per heavy atom. The minimum Gasteiger partial charge on any atom is -0.497 e. The Balaban J connectivity index is 1.32. The lowest BCUT2D eigenvalue weighted by Crippen LogP contribution is -2.52. The number of nitrogens with one attached hydrogen (secondary N) is 2. The molecule has 11 nitrogen and oxygen atoms in total. The van der Waals surface area contributed by atoms with Gasteiger partial charge in [-0.05, 0) is 71.8 Å². The zero-order chi connectivity index (χ0) is 35.3. The second kappa shape index (κ2) is 17.6. The van der Waals surface area contributed by atoms with Gasteiger partial charge in [0, 0.05) is 44.8 Å². The minimum absolute atomic E-state index is 0.0432. The van der Waals surface area contributed by atoms with Crippen molar-refractivity contribution in [2.45, 2.75) is 23.9 Å². The lowest BCUT2D eigenvalue weighted by Gasteiger charge is -2.32. The van der Waals surface area contributed by atoms with E-state index in [1.165, 1.54) is 41.3 Å². The zero-order valence-corrected chi connectivity index (χ0v) is 28.6. The number of nitrogens with zero attached hydrogens (tertiary/aromatic N) is 2. The molecule has 4 aromatic carbocycles. The number of rotatable bonds is 16. The number of methoxy groups -OCH3 is 1. The van der Waals surface area contributed by atoms with E-state index in [-0.39, 0.29) is 35.2 Å². The van der Waals surface area contributed by atoms with E-state index >= 15 is 0 Å². The molecular formula is C37H41FN4O7S. The van der Waals surface area contributed by atoms with Crippen LogP contribution in [0.1, 0.15) is 11.1 Å². The Morgan fingerprint density at radius 2 is 1.54 bits per heavy atom. The van der Waals surface area contributed by atoms with Gasteiger partial charge in [0.05, 0.1) is 25.2 Å². The Kier molecular flexibility index (Phi) is 12.8. The van der Waals surface area contributed by atoms with Gasteiger partial charge in [-0.2, -0.15) is 0 Å². The SMILES string of the molecule is COc1ccc(CN(C(=O)COc2ccc(S(=O)(=O)Nc3ccc(F)cc3)cc2)[C@@H](Cc2ccccc2)C(=O)NCCN2CCOCC2)cc1. The zero-order valence-electron chi connectivity index (χ0n) is 27.8.